The first-order valence-electron chi connectivity index (χ1n) is 4.40. The van der Waals surface area contributed by atoms with Crippen LogP contribution in [0.1, 0.15) is 28.4 Å². The molecule has 0 saturated heterocycles. The molecule has 0 bridgehead atoms. The number of carbonyl (C=O) groups excluding carboxylic acids is 1. The summed E-state index contributed by atoms with van der Waals surface area (Å²) < 4.78 is 0. The fourth-order valence-electron chi connectivity index (χ4n) is 1.43. The Morgan fingerprint density at radius 1 is 1.31 bits per heavy atom. The summed E-state index contributed by atoms with van der Waals surface area (Å²) in [5, 5.41) is 0. The first kappa shape index (κ1) is 10.4. The predicted molar refractivity (Wildman–Crippen MR) is 59.4 cm³/mol. The summed E-state index contributed by atoms with van der Waals surface area (Å²) in [6.07, 6.45) is 0. The van der Waals surface area contributed by atoms with E-state index in [9.17, 15) is 4.79 Å². The Bertz CT molecular complexity index is 309. The van der Waals surface area contributed by atoms with Crippen LogP contribution in [0.4, 0.5) is 0 Å². The van der Waals surface area contributed by atoms with Crippen molar-refractivity contribution >= 4 is 15.0 Å². The number of carbonyl (C=O) groups is 1. The molecule has 1 nitrogen and oxygen atoms in total. The van der Waals surface area contributed by atoms with Gasteiger partial charge < -0.3 is 0 Å². The van der Waals surface area contributed by atoms with Crippen LogP contribution >= 0.6 is 9.24 Å². The molecule has 0 saturated carbocycles. The molecule has 2 atom stereocenters. The van der Waals surface area contributed by atoms with Gasteiger partial charge in [-0.2, -0.15) is 0 Å². The van der Waals surface area contributed by atoms with E-state index in [4.69, 9.17) is 0 Å². The zero-order valence-corrected chi connectivity index (χ0v) is 9.45. The van der Waals surface area contributed by atoms with E-state index in [1.165, 1.54) is 0 Å². The van der Waals surface area contributed by atoms with Crippen molar-refractivity contribution < 1.29 is 4.79 Å². The molecule has 2 unspecified atom stereocenters. The van der Waals surface area contributed by atoms with Crippen molar-refractivity contribution in [1.82, 2.24) is 0 Å². The van der Waals surface area contributed by atoms with Gasteiger partial charge in [-0.1, -0.05) is 25.1 Å². The summed E-state index contributed by atoms with van der Waals surface area (Å²) in [5.74, 6) is 0.209. The van der Waals surface area contributed by atoms with Crippen LogP contribution in [0.25, 0.3) is 0 Å². The third-order valence-corrected chi connectivity index (χ3v) is 2.44. The number of rotatable bonds is 2. The third-order valence-electron chi connectivity index (χ3n) is 2.14. The molecular weight excluding hydrogens is 179 g/mol. The summed E-state index contributed by atoms with van der Waals surface area (Å²) in [6.45, 7) is 5.86. The van der Waals surface area contributed by atoms with Gasteiger partial charge >= 0.3 is 0 Å². The third kappa shape index (κ3) is 2.16. The van der Waals surface area contributed by atoms with Gasteiger partial charge in [0.25, 0.3) is 0 Å². The van der Waals surface area contributed by atoms with E-state index in [2.05, 4.69) is 9.24 Å². The largest absolute Gasteiger partial charge is 0.293 e. The topological polar surface area (TPSA) is 17.1 Å². The van der Waals surface area contributed by atoms with Crippen molar-refractivity contribution in [2.45, 2.75) is 26.4 Å². The smallest absolute Gasteiger partial charge is 0.169 e. The van der Waals surface area contributed by atoms with Crippen molar-refractivity contribution in [2.75, 3.05) is 0 Å². The van der Waals surface area contributed by atoms with Crippen LogP contribution in [0, 0.1) is 13.8 Å². The highest BCUT2D eigenvalue weighted by atomic mass is 31.0. The minimum atomic E-state index is -0.000185. The Hall–Kier alpha value is -0.680. The van der Waals surface area contributed by atoms with Gasteiger partial charge in [0.2, 0.25) is 0 Å². The van der Waals surface area contributed by atoms with Crippen molar-refractivity contribution in [1.29, 1.82) is 0 Å². The van der Waals surface area contributed by atoms with Crippen molar-refractivity contribution in [2.24, 2.45) is 0 Å². The van der Waals surface area contributed by atoms with Crippen LogP contribution in [0.5, 0.6) is 0 Å². The second-order valence-electron chi connectivity index (χ2n) is 3.42. The molecule has 0 fully saturated rings. The van der Waals surface area contributed by atoms with E-state index in [1.807, 2.05) is 39.0 Å². The van der Waals surface area contributed by atoms with E-state index in [0.29, 0.717) is 0 Å². The van der Waals surface area contributed by atoms with Gasteiger partial charge in [-0.25, -0.2) is 0 Å². The maximum atomic E-state index is 11.8. The Morgan fingerprint density at radius 3 is 2.15 bits per heavy atom. The number of ketones is 1. The predicted octanol–water partition coefficient (Wildman–Crippen LogP) is 2.75. The molecule has 0 radical (unpaired) electrons. The van der Waals surface area contributed by atoms with Crippen LogP contribution in [0.2, 0.25) is 0 Å². The molecule has 0 aliphatic heterocycles. The molecule has 0 N–H and O–H groups in total. The van der Waals surface area contributed by atoms with Gasteiger partial charge in [-0.05, 0) is 25.0 Å². The quantitative estimate of drug-likeness (QED) is 0.522. The van der Waals surface area contributed by atoms with Crippen molar-refractivity contribution in [3.63, 3.8) is 0 Å². The first-order chi connectivity index (χ1) is 6.04. The molecule has 13 heavy (non-hydrogen) atoms. The molecule has 0 aliphatic rings. The summed E-state index contributed by atoms with van der Waals surface area (Å²) >= 11 is 0. The standard InChI is InChI=1S/C11H15OP/c1-7-5-4-6-8(2)10(7)11(12)9(3)13/h4-6,9H,13H2,1-3H3. The Balaban J connectivity index is 3.20. The monoisotopic (exact) mass is 194 g/mol. The molecule has 0 aromatic heterocycles. The Morgan fingerprint density at radius 2 is 1.77 bits per heavy atom. The zero-order valence-electron chi connectivity index (χ0n) is 8.29. The lowest BCUT2D eigenvalue weighted by atomic mass is 9.98. The van der Waals surface area contributed by atoms with Gasteiger partial charge in [0.1, 0.15) is 0 Å². The lowest BCUT2D eigenvalue weighted by Gasteiger charge is -2.10. The average Bonchev–Trinajstić information content (AvgIpc) is 2.03. The second kappa shape index (κ2) is 4.02. The second-order valence-corrected chi connectivity index (χ2v) is 4.42. The SMILES string of the molecule is Cc1cccc(C)c1C(=O)C(C)P. The van der Waals surface area contributed by atoms with Gasteiger partial charge in [-0.15, -0.1) is 9.24 Å². The molecule has 0 spiro atoms. The lowest BCUT2D eigenvalue weighted by Crippen LogP contribution is -2.13. The van der Waals surface area contributed by atoms with Crippen LogP contribution in [0.3, 0.4) is 0 Å². The average molecular weight is 194 g/mol. The normalized spacial score (nSPS) is 12.6. The highest BCUT2D eigenvalue weighted by Gasteiger charge is 2.14. The van der Waals surface area contributed by atoms with Gasteiger partial charge in [-0.3, -0.25) is 4.79 Å². The van der Waals surface area contributed by atoms with Crippen LogP contribution in [-0.4, -0.2) is 11.4 Å². The van der Waals surface area contributed by atoms with Gasteiger partial charge in [0.05, 0.1) is 0 Å². The molecule has 1 aromatic rings. The van der Waals surface area contributed by atoms with Crippen LogP contribution in [0.15, 0.2) is 18.2 Å². The van der Waals surface area contributed by atoms with Gasteiger partial charge in [0.15, 0.2) is 5.78 Å². The minimum Gasteiger partial charge on any atom is -0.293 e. The van der Waals surface area contributed by atoms with E-state index >= 15 is 0 Å². The van der Waals surface area contributed by atoms with E-state index in [1.54, 1.807) is 0 Å². The number of benzene rings is 1. The number of aryl methyl sites for hydroxylation is 2. The van der Waals surface area contributed by atoms with Crippen LogP contribution in [-0.2, 0) is 0 Å². The molecule has 1 rings (SSSR count). The highest BCUT2D eigenvalue weighted by molar-refractivity contribution is 7.19. The fraction of sp³-hybridized carbons (Fsp3) is 0.364. The lowest BCUT2D eigenvalue weighted by molar-refractivity contribution is 0.0992. The molecule has 70 valence electrons. The molecule has 0 aliphatic carbocycles. The summed E-state index contributed by atoms with van der Waals surface area (Å²) in [4.78, 5) is 11.8. The summed E-state index contributed by atoms with van der Waals surface area (Å²) in [6, 6.07) is 5.94. The van der Waals surface area contributed by atoms with E-state index < -0.39 is 0 Å². The number of Topliss-reactive ketones (excluding diaryl/α,β-unsaturated/α-hetero) is 1. The highest BCUT2D eigenvalue weighted by Crippen LogP contribution is 2.18. The molecule has 0 amide bonds. The maximum Gasteiger partial charge on any atom is 0.169 e. The van der Waals surface area contributed by atoms with Crippen LogP contribution < -0.4 is 0 Å². The Kier molecular flexibility index (Phi) is 3.22. The van der Waals surface area contributed by atoms with Gasteiger partial charge in [0, 0.05) is 11.2 Å². The first-order valence-corrected chi connectivity index (χ1v) is 5.06. The maximum absolute atomic E-state index is 11.8. The zero-order chi connectivity index (χ0) is 10.0. The minimum absolute atomic E-state index is 0.000185. The summed E-state index contributed by atoms with van der Waals surface area (Å²) in [7, 11) is 2.54. The molecule has 1 aromatic carbocycles. The molecular formula is C11H15OP. The van der Waals surface area contributed by atoms with Crippen molar-refractivity contribution in [3.05, 3.63) is 34.9 Å². The Labute approximate surface area is 81.7 Å². The molecule has 0 heterocycles. The van der Waals surface area contributed by atoms with E-state index in [0.717, 1.165) is 16.7 Å². The van der Waals surface area contributed by atoms with E-state index in [-0.39, 0.29) is 11.4 Å². The molecule has 2 heteroatoms. The number of hydrogen-bond acceptors (Lipinski definition) is 1. The number of hydrogen-bond donors (Lipinski definition) is 0. The summed E-state index contributed by atoms with van der Waals surface area (Å²) in [5.41, 5.74) is 3.02. The fourth-order valence-corrected chi connectivity index (χ4v) is 1.60. The van der Waals surface area contributed by atoms with Crippen molar-refractivity contribution in [3.8, 4) is 0 Å².